The van der Waals surface area contributed by atoms with Crippen molar-refractivity contribution in [1.29, 1.82) is 5.26 Å². The van der Waals surface area contributed by atoms with Crippen LogP contribution in [0.1, 0.15) is 37.5 Å². The van der Waals surface area contributed by atoms with Crippen LogP contribution >= 0.6 is 0 Å². The maximum absolute atomic E-state index is 12.6. The highest BCUT2D eigenvalue weighted by Gasteiger charge is 2.21. The Hall–Kier alpha value is -3.13. The van der Waals surface area contributed by atoms with E-state index in [9.17, 15) is 9.59 Å². The highest BCUT2D eigenvalue weighted by atomic mass is 16.2. The van der Waals surface area contributed by atoms with Gasteiger partial charge in [0.2, 0.25) is 11.8 Å². The van der Waals surface area contributed by atoms with E-state index in [4.69, 9.17) is 5.26 Å². The van der Waals surface area contributed by atoms with E-state index in [1.165, 1.54) is 11.8 Å². The number of nitrogens with one attached hydrogen (secondary N) is 1. The SMILES string of the molecule is CCc1cccc(CC)c1N(CC(=O)Nc1ccccc1C#N)C(C)=O. The van der Waals surface area contributed by atoms with Crippen molar-refractivity contribution >= 4 is 23.2 Å². The fourth-order valence-corrected chi connectivity index (χ4v) is 2.93. The van der Waals surface area contributed by atoms with Crippen LogP contribution in [0.5, 0.6) is 0 Å². The highest BCUT2D eigenvalue weighted by Crippen LogP contribution is 2.27. The lowest BCUT2D eigenvalue weighted by Gasteiger charge is -2.26. The molecule has 0 aliphatic heterocycles. The molecule has 5 nitrogen and oxygen atoms in total. The molecule has 2 rings (SSSR count). The van der Waals surface area contributed by atoms with Gasteiger partial charge in [-0.1, -0.05) is 44.2 Å². The van der Waals surface area contributed by atoms with Crippen LogP contribution in [0.15, 0.2) is 42.5 Å². The Kier molecular flexibility index (Phi) is 6.51. The van der Waals surface area contributed by atoms with Crippen LogP contribution in [0.4, 0.5) is 11.4 Å². The molecule has 2 aromatic carbocycles. The second-order valence-electron chi connectivity index (χ2n) is 5.94. The number of carbonyl (C=O) groups is 2. The number of hydrogen-bond donors (Lipinski definition) is 1. The molecule has 0 aliphatic rings. The summed E-state index contributed by atoms with van der Waals surface area (Å²) in [5.74, 6) is -0.528. The first kappa shape index (κ1) is 19.2. The normalized spacial score (nSPS) is 10.1. The van der Waals surface area contributed by atoms with Crippen molar-refractivity contribution in [2.45, 2.75) is 33.6 Å². The van der Waals surface area contributed by atoms with Crippen molar-refractivity contribution < 1.29 is 9.59 Å². The number of carbonyl (C=O) groups excluding carboxylic acids is 2. The molecule has 26 heavy (non-hydrogen) atoms. The second-order valence-corrected chi connectivity index (χ2v) is 5.94. The average Bonchev–Trinajstić information content (AvgIpc) is 2.65. The largest absolute Gasteiger partial charge is 0.323 e. The zero-order valence-corrected chi connectivity index (χ0v) is 15.4. The number of nitrogens with zero attached hydrogens (tertiary/aromatic N) is 2. The molecule has 0 radical (unpaired) electrons. The van der Waals surface area contributed by atoms with Crippen molar-refractivity contribution in [3.63, 3.8) is 0 Å². The van der Waals surface area contributed by atoms with Gasteiger partial charge in [-0.3, -0.25) is 9.59 Å². The van der Waals surface area contributed by atoms with Crippen LogP contribution in [-0.2, 0) is 22.4 Å². The minimum Gasteiger partial charge on any atom is -0.323 e. The number of para-hydroxylation sites is 2. The summed E-state index contributed by atoms with van der Waals surface area (Å²) >= 11 is 0. The van der Waals surface area contributed by atoms with Crippen molar-refractivity contribution in [3.05, 3.63) is 59.2 Å². The van der Waals surface area contributed by atoms with E-state index in [2.05, 4.69) is 5.32 Å². The van der Waals surface area contributed by atoms with Crippen LogP contribution in [0.2, 0.25) is 0 Å². The van der Waals surface area contributed by atoms with Crippen LogP contribution in [0.3, 0.4) is 0 Å². The highest BCUT2D eigenvalue weighted by molar-refractivity contribution is 6.03. The predicted octanol–water partition coefficient (Wildman–Crippen LogP) is 3.67. The quantitative estimate of drug-likeness (QED) is 0.864. The molecule has 0 aromatic heterocycles. The molecule has 5 heteroatoms. The van der Waals surface area contributed by atoms with Gasteiger partial charge < -0.3 is 10.2 Å². The first-order valence-corrected chi connectivity index (χ1v) is 8.69. The number of anilines is 2. The van der Waals surface area contributed by atoms with E-state index in [-0.39, 0.29) is 18.4 Å². The molecule has 0 saturated carbocycles. The van der Waals surface area contributed by atoms with E-state index in [0.717, 1.165) is 29.7 Å². The lowest BCUT2D eigenvalue weighted by molar-refractivity contribution is -0.120. The molecule has 134 valence electrons. The van der Waals surface area contributed by atoms with Gasteiger partial charge in [0.15, 0.2) is 0 Å². The topological polar surface area (TPSA) is 73.2 Å². The Balaban J connectivity index is 2.31. The summed E-state index contributed by atoms with van der Waals surface area (Å²) in [5.41, 5.74) is 3.71. The van der Waals surface area contributed by atoms with Gasteiger partial charge in [0, 0.05) is 6.92 Å². The number of amides is 2. The van der Waals surface area contributed by atoms with Crippen LogP contribution in [-0.4, -0.2) is 18.4 Å². The van der Waals surface area contributed by atoms with Gasteiger partial charge in [0.1, 0.15) is 12.6 Å². The minimum atomic E-state index is -0.337. The Bertz CT molecular complexity index is 830. The third-order valence-electron chi connectivity index (χ3n) is 4.24. The van der Waals surface area contributed by atoms with Crippen LogP contribution in [0, 0.1) is 11.3 Å². The molecule has 1 N–H and O–H groups in total. The second kappa shape index (κ2) is 8.82. The van der Waals surface area contributed by atoms with Gasteiger partial charge in [-0.25, -0.2) is 0 Å². The first-order valence-electron chi connectivity index (χ1n) is 8.69. The maximum atomic E-state index is 12.6. The van der Waals surface area contributed by atoms with Crippen LogP contribution < -0.4 is 10.2 Å². The Labute approximate surface area is 154 Å². The number of hydrogen-bond acceptors (Lipinski definition) is 3. The summed E-state index contributed by atoms with van der Waals surface area (Å²) in [6.45, 7) is 5.42. The molecule has 0 saturated heterocycles. The van der Waals surface area contributed by atoms with Gasteiger partial charge in [0.05, 0.1) is 16.9 Å². The van der Waals surface area contributed by atoms with E-state index in [1.54, 1.807) is 24.3 Å². The van der Waals surface area contributed by atoms with E-state index < -0.39 is 0 Å². The molecule has 0 fully saturated rings. The first-order chi connectivity index (χ1) is 12.5. The fourth-order valence-electron chi connectivity index (χ4n) is 2.93. The third kappa shape index (κ3) is 4.28. The number of aryl methyl sites for hydroxylation is 2. The third-order valence-corrected chi connectivity index (χ3v) is 4.24. The van der Waals surface area contributed by atoms with Crippen molar-refractivity contribution in [1.82, 2.24) is 0 Å². The standard InChI is InChI=1S/C21H23N3O2/c1-4-16-10-8-11-17(5-2)21(16)24(15(3)25)14-20(26)23-19-12-7-6-9-18(19)13-22/h6-12H,4-5,14H2,1-3H3,(H,23,26). The van der Waals surface area contributed by atoms with E-state index >= 15 is 0 Å². The molecule has 0 aliphatic carbocycles. The summed E-state index contributed by atoms with van der Waals surface area (Å²) in [7, 11) is 0. The van der Waals surface area contributed by atoms with E-state index in [1.807, 2.05) is 38.1 Å². The number of benzene rings is 2. The lowest BCUT2D eigenvalue weighted by Crippen LogP contribution is -2.38. The van der Waals surface area contributed by atoms with Gasteiger partial charge in [-0.15, -0.1) is 0 Å². The fraction of sp³-hybridized carbons (Fsp3) is 0.286. The predicted molar refractivity (Wildman–Crippen MR) is 103 cm³/mol. The lowest BCUT2D eigenvalue weighted by atomic mass is 10.0. The molecular weight excluding hydrogens is 326 g/mol. The maximum Gasteiger partial charge on any atom is 0.244 e. The van der Waals surface area contributed by atoms with Gasteiger partial charge in [0.25, 0.3) is 0 Å². The monoisotopic (exact) mass is 349 g/mol. The van der Waals surface area contributed by atoms with E-state index in [0.29, 0.717) is 11.3 Å². The molecule has 0 heterocycles. The molecule has 0 atom stereocenters. The molecular formula is C21H23N3O2. The Morgan fingerprint density at radius 2 is 1.65 bits per heavy atom. The number of nitriles is 1. The minimum absolute atomic E-state index is 0.0981. The smallest absolute Gasteiger partial charge is 0.244 e. The van der Waals surface area contributed by atoms with Crippen molar-refractivity contribution in [2.75, 3.05) is 16.8 Å². The van der Waals surface area contributed by atoms with Crippen molar-refractivity contribution in [3.8, 4) is 6.07 Å². The van der Waals surface area contributed by atoms with Crippen molar-refractivity contribution in [2.24, 2.45) is 0 Å². The summed E-state index contributed by atoms with van der Waals surface area (Å²) < 4.78 is 0. The molecule has 0 unspecified atom stereocenters. The van der Waals surface area contributed by atoms with Gasteiger partial charge in [-0.2, -0.15) is 5.26 Å². The summed E-state index contributed by atoms with van der Waals surface area (Å²) in [6, 6.07) is 14.8. The summed E-state index contributed by atoms with van der Waals surface area (Å²) in [5, 5.41) is 11.9. The van der Waals surface area contributed by atoms with Gasteiger partial charge in [-0.05, 0) is 36.1 Å². The summed E-state index contributed by atoms with van der Waals surface area (Å²) in [6.07, 6.45) is 1.54. The Morgan fingerprint density at radius 3 is 2.19 bits per heavy atom. The van der Waals surface area contributed by atoms with Crippen LogP contribution in [0.25, 0.3) is 0 Å². The number of rotatable bonds is 6. The van der Waals surface area contributed by atoms with Gasteiger partial charge >= 0.3 is 0 Å². The molecule has 0 bridgehead atoms. The molecule has 2 amide bonds. The Morgan fingerprint density at radius 1 is 1.04 bits per heavy atom. The zero-order chi connectivity index (χ0) is 19.1. The molecule has 2 aromatic rings. The summed E-state index contributed by atoms with van der Waals surface area (Å²) in [4.78, 5) is 26.4. The molecule has 0 spiro atoms. The average molecular weight is 349 g/mol. The zero-order valence-electron chi connectivity index (χ0n) is 15.4.